The summed E-state index contributed by atoms with van der Waals surface area (Å²) in [6.07, 6.45) is -0.0251. The van der Waals surface area contributed by atoms with Crippen molar-refractivity contribution in [1.82, 2.24) is 4.90 Å². The molecule has 1 saturated heterocycles. The maximum absolute atomic E-state index is 10.9. The maximum atomic E-state index is 10.9. The number of cyclic esters (lactones) is 1. The lowest BCUT2D eigenvalue weighted by molar-refractivity contribution is 0.158. The van der Waals surface area contributed by atoms with E-state index in [2.05, 4.69) is 4.74 Å². The van der Waals surface area contributed by atoms with Crippen molar-refractivity contribution >= 4 is 16.1 Å². The first-order valence-electron chi connectivity index (χ1n) is 3.91. The van der Waals surface area contributed by atoms with Crippen molar-refractivity contribution < 1.29 is 17.9 Å². The molecule has 13 heavy (non-hydrogen) atoms. The maximum Gasteiger partial charge on any atom is 0.409 e. The van der Waals surface area contributed by atoms with E-state index in [1.165, 1.54) is 4.90 Å². The zero-order chi connectivity index (χ0) is 9.90. The Morgan fingerprint density at radius 1 is 1.54 bits per heavy atom. The number of hydrogen-bond acceptors (Lipinski definition) is 4. The lowest BCUT2D eigenvalue weighted by atomic mass is 10.4. The molecule has 0 aliphatic carbocycles. The summed E-state index contributed by atoms with van der Waals surface area (Å²) in [6, 6.07) is 0. The van der Waals surface area contributed by atoms with Gasteiger partial charge >= 0.3 is 6.09 Å². The number of primary sulfonamides is 1. The Labute approximate surface area is 76.7 Å². The lowest BCUT2D eigenvalue weighted by Crippen LogP contribution is -2.28. The van der Waals surface area contributed by atoms with Gasteiger partial charge in [0, 0.05) is 6.54 Å². The molecule has 7 heteroatoms. The van der Waals surface area contributed by atoms with Crippen molar-refractivity contribution in [2.45, 2.75) is 6.42 Å². The number of carbonyl (C=O) groups excluding carboxylic acids is 1. The van der Waals surface area contributed by atoms with Crippen molar-refractivity contribution in [3.63, 3.8) is 0 Å². The van der Waals surface area contributed by atoms with Crippen LogP contribution >= 0.6 is 0 Å². The second-order valence-electron chi connectivity index (χ2n) is 2.82. The minimum Gasteiger partial charge on any atom is -0.448 e. The number of ether oxygens (including phenoxy) is 1. The first kappa shape index (κ1) is 10.3. The standard InChI is InChI=1S/C6H12N2O4S/c7-13(10,11)5-1-2-8-3-4-12-6(8)9/h1-5H2,(H2,7,10,11). The number of amides is 1. The average Bonchev–Trinajstić information content (AvgIpc) is 2.34. The highest BCUT2D eigenvalue weighted by Gasteiger charge is 2.21. The molecule has 1 rings (SSSR count). The number of hydrogen-bond donors (Lipinski definition) is 1. The van der Waals surface area contributed by atoms with Crippen LogP contribution in [0.5, 0.6) is 0 Å². The van der Waals surface area contributed by atoms with E-state index in [9.17, 15) is 13.2 Å². The molecule has 1 amide bonds. The first-order valence-corrected chi connectivity index (χ1v) is 5.63. The van der Waals surface area contributed by atoms with Gasteiger partial charge in [0.2, 0.25) is 10.0 Å². The Balaban J connectivity index is 2.23. The molecular formula is C6H12N2O4S. The molecule has 0 spiro atoms. The normalized spacial score (nSPS) is 17.6. The summed E-state index contributed by atoms with van der Waals surface area (Å²) < 4.78 is 25.7. The molecule has 0 saturated carbocycles. The molecular weight excluding hydrogens is 196 g/mol. The van der Waals surface area contributed by atoms with Crippen LogP contribution in [0, 0.1) is 0 Å². The van der Waals surface area contributed by atoms with Gasteiger partial charge < -0.3 is 9.64 Å². The third-order valence-electron chi connectivity index (χ3n) is 1.70. The van der Waals surface area contributed by atoms with Crippen LogP contribution in [0.25, 0.3) is 0 Å². The predicted octanol–water partition coefficient (Wildman–Crippen LogP) is -0.883. The van der Waals surface area contributed by atoms with E-state index in [4.69, 9.17) is 5.14 Å². The van der Waals surface area contributed by atoms with Crippen LogP contribution in [0.3, 0.4) is 0 Å². The van der Waals surface area contributed by atoms with Gasteiger partial charge in [0.1, 0.15) is 6.61 Å². The summed E-state index contributed by atoms with van der Waals surface area (Å²) in [5, 5.41) is 4.79. The van der Waals surface area contributed by atoms with Gasteiger partial charge in [0.25, 0.3) is 0 Å². The van der Waals surface area contributed by atoms with E-state index in [1.54, 1.807) is 0 Å². The third kappa shape index (κ3) is 3.60. The smallest absolute Gasteiger partial charge is 0.409 e. The van der Waals surface area contributed by atoms with Gasteiger partial charge in [0.15, 0.2) is 0 Å². The fourth-order valence-electron chi connectivity index (χ4n) is 1.09. The van der Waals surface area contributed by atoms with Gasteiger partial charge in [-0.15, -0.1) is 0 Å². The zero-order valence-corrected chi connectivity index (χ0v) is 7.92. The van der Waals surface area contributed by atoms with Gasteiger partial charge in [-0.25, -0.2) is 18.4 Å². The van der Waals surface area contributed by atoms with Gasteiger partial charge in [-0.2, -0.15) is 0 Å². The fourth-order valence-corrected chi connectivity index (χ4v) is 1.62. The van der Waals surface area contributed by atoms with E-state index in [-0.39, 0.29) is 11.8 Å². The van der Waals surface area contributed by atoms with Crippen molar-refractivity contribution in [3.8, 4) is 0 Å². The van der Waals surface area contributed by atoms with Crippen LogP contribution in [0.1, 0.15) is 6.42 Å². The van der Waals surface area contributed by atoms with Crippen LogP contribution in [-0.2, 0) is 14.8 Å². The quantitative estimate of drug-likeness (QED) is 0.649. The molecule has 1 aliphatic heterocycles. The number of carbonyl (C=O) groups is 1. The summed E-state index contributed by atoms with van der Waals surface area (Å²) in [6.45, 7) is 1.30. The predicted molar refractivity (Wildman–Crippen MR) is 45.5 cm³/mol. The topological polar surface area (TPSA) is 89.7 Å². The molecule has 1 heterocycles. The van der Waals surface area contributed by atoms with Gasteiger partial charge in [-0.05, 0) is 6.42 Å². The molecule has 76 valence electrons. The van der Waals surface area contributed by atoms with Gasteiger partial charge in [-0.1, -0.05) is 0 Å². The highest BCUT2D eigenvalue weighted by atomic mass is 32.2. The van der Waals surface area contributed by atoms with Crippen LogP contribution in [0.15, 0.2) is 0 Å². The highest BCUT2D eigenvalue weighted by molar-refractivity contribution is 7.89. The molecule has 0 radical (unpaired) electrons. The van der Waals surface area contributed by atoms with Crippen LogP contribution in [0.4, 0.5) is 4.79 Å². The minimum absolute atomic E-state index is 0.100. The fraction of sp³-hybridized carbons (Fsp3) is 0.833. The average molecular weight is 208 g/mol. The minimum atomic E-state index is -3.41. The number of rotatable bonds is 4. The van der Waals surface area contributed by atoms with Gasteiger partial charge in [-0.3, -0.25) is 0 Å². The summed E-state index contributed by atoms with van der Waals surface area (Å²) in [5.74, 6) is -0.100. The largest absolute Gasteiger partial charge is 0.448 e. The summed E-state index contributed by atoms with van der Waals surface area (Å²) >= 11 is 0. The Kier molecular flexibility index (Phi) is 3.10. The molecule has 1 aliphatic rings. The molecule has 0 bridgehead atoms. The molecule has 0 aromatic carbocycles. The highest BCUT2D eigenvalue weighted by Crippen LogP contribution is 2.03. The van der Waals surface area contributed by atoms with E-state index in [0.29, 0.717) is 26.1 Å². The van der Waals surface area contributed by atoms with Crippen LogP contribution in [-0.4, -0.2) is 44.9 Å². The van der Waals surface area contributed by atoms with Crippen molar-refractivity contribution in [1.29, 1.82) is 0 Å². The summed E-state index contributed by atoms with van der Waals surface area (Å²) in [7, 11) is -3.41. The molecule has 0 unspecified atom stereocenters. The van der Waals surface area contributed by atoms with Crippen LogP contribution in [0.2, 0.25) is 0 Å². The van der Waals surface area contributed by atoms with E-state index >= 15 is 0 Å². The Morgan fingerprint density at radius 3 is 2.69 bits per heavy atom. The van der Waals surface area contributed by atoms with Crippen LogP contribution < -0.4 is 5.14 Å². The number of nitrogens with two attached hydrogens (primary N) is 1. The molecule has 0 aromatic rings. The molecule has 0 atom stereocenters. The monoisotopic (exact) mass is 208 g/mol. The lowest BCUT2D eigenvalue weighted by Gasteiger charge is -2.10. The zero-order valence-electron chi connectivity index (χ0n) is 7.10. The van der Waals surface area contributed by atoms with Crippen molar-refractivity contribution in [2.75, 3.05) is 25.4 Å². The second-order valence-corrected chi connectivity index (χ2v) is 4.56. The van der Waals surface area contributed by atoms with Gasteiger partial charge in [0.05, 0.1) is 12.3 Å². The third-order valence-corrected chi connectivity index (χ3v) is 2.56. The van der Waals surface area contributed by atoms with E-state index in [0.717, 1.165) is 0 Å². The summed E-state index contributed by atoms with van der Waals surface area (Å²) in [5.41, 5.74) is 0. The first-order chi connectivity index (χ1) is 5.99. The Bertz CT molecular complexity index is 287. The SMILES string of the molecule is NS(=O)(=O)CCCN1CCOC1=O. The Morgan fingerprint density at radius 2 is 2.23 bits per heavy atom. The van der Waals surface area contributed by atoms with Crippen molar-refractivity contribution in [3.05, 3.63) is 0 Å². The molecule has 2 N–H and O–H groups in total. The number of sulfonamides is 1. The second kappa shape index (κ2) is 3.93. The summed E-state index contributed by atoms with van der Waals surface area (Å²) in [4.78, 5) is 12.3. The van der Waals surface area contributed by atoms with Crippen molar-refractivity contribution in [2.24, 2.45) is 5.14 Å². The molecule has 1 fully saturated rings. The van der Waals surface area contributed by atoms with E-state index < -0.39 is 10.0 Å². The number of nitrogens with zero attached hydrogens (tertiary/aromatic N) is 1. The Hall–Kier alpha value is -0.820. The van der Waals surface area contributed by atoms with E-state index in [1.807, 2.05) is 0 Å². The molecule has 6 nitrogen and oxygen atoms in total. The molecule has 0 aromatic heterocycles.